The van der Waals surface area contributed by atoms with Crippen molar-refractivity contribution in [1.29, 1.82) is 0 Å². The lowest BCUT2D eigenvalue weighted by molar-refractivity contribution is 1.06. The Morgan fingerprint density at radius 3 is 1.23 bits per heavy atom. The van der Waals surface area contributed by atoms with Crippen LogP contribution in [0.15, 0.2) is 152 Å². The molecule has 0 unspecified atom stereocenters. The molecule has 0 saturated carbocycles. The Kier molecular flexibility index (Phi) is 6.39. The van der Waals surface area contributed by atoms with Gasteiger partial charge in [0.25, 0.3) is 0 Å². The van der Waals surface area contributed by atoms with Crippen LogP contribution in [0.5, 0.6) is 0 Å². The highest BCUT2D eigenvalue weighted by molar-refractivity contribution is 5.90. The summed E-state index contributed by atoms with van der Waals surface area (Å²) >= 11 is 0. The van der Waals surface area contributed by atoms with Gasteiger partial charge >= 0.3 is 0 Å². The minimum absolute atomic E-state index is 0.542. The standard InChI is InChI=1S/C39H25N5/c1-4-10-26(11-5-1)33-22-18-31-24-29(16-20-34(31)40-33)30-17-21-35-32(25-30)19-23-36(41-35)39-43-37(27-12-6-2-7-13-27)42-38(44-39)28-14-8-3-9-15-28/h1-25H. The van der Waals surface area contributed by atoms with Gasteiger partial charge in [0.15, 0.2) is 17.5 Å². The fourth-order valence-corrected chi connectivity index (χ4v) is 5.43. The first-order valence-corrected chi connectivity index (χ1v) is 14.5. The maximum Gasteiger partial charge on any atom is 0.182 e. The average Bonchev–Trinajstić information content (AvgIpc) is 3.11. The van der Waals surface area contributed by atoms with Crippen LogP contribution in [-0.2, 0) is 0 Å². The first-order valence-electron chi connectivity index (χ1n) is 14.5. The lowest BCUT2D eigenvalue weighted by Crippen LogP contribution is -2.01. The molecule has 0 radical (unpaired) electrons. The van der Waals surface area contributed by atoms with Crippen molar-refractivity contribution >= 4 is 21.8 Å². The van der Waals surface area contributed by atoms with E-state index in [0.29, 0.717) is 23.2 Å². The molecule has 5 nitrogen and oxygen atoms in total. The minimum atomic E-state index is 0.542. The van der Waals surface area contributed by atoms with Gasteiger partial charge < -0.3 is 0 Å². The van der Waals surface area contributed by atoms with E-state index in [1.165, 1.54) is 0 Å². The van der Waals surface area contributed by atoms with Crippen LogP contribution in [0.4, 0.5) is 0 Å². The summed E-state index contributed by atoms with van der Waals surface area (Å²) in [6, 6.07) is 51.3. The van der Waals surface area contributed by atoms with E-state index in [9.17, 15) is 0 Å². The van der Waals surface area contributed by atoms with Gasteiger partial charge in [-0.15, -0.1) is 0 Å². The van der Waals surface area contributed by atoms with Gasteiger partial charge in [-0.3, -0.25) is 0 Å². The zero-order valence-corrected chi connectivity index (χ0v) is 23.7. The van der Waals surface area contributed by atoms with Gasteiger partial charge in [0.1, 0.15) is 5.69 Å². The van der Waals surface area contributed by atoms with Crippen molar-refractivity contribution in [1.82, 2.24) is 24.9 Å². The van der Waals surface area contributed by atoms with E-state index in [0.717, 1.165) is 55.3 Å². The number of hydrogen-bond acceptors (Lipinski definition) is 5. The van der Waals surface area contributed by atoms with Gasteiger partial charge in [0.05, 0.1) is 16.7 Å². The van der Waals surface area contributed by atoms with Gasteiger partial charge in [-0.25, -0.2) is 24.9 Å². The lowest BCUT2D eigenvalue weighted by atomic mass is 10.0. The zero-order chi connectivity index (χ0) is 29.3. The molecule has 0 aliphatic heterocycles. The van der Waals surface area contributed by atoms with Crippen LogP contribution in [0, 0.1) is 0 Å². The first kappa shape index (κ1) is 25.6. The van der Waals surface area contributed by atoms with Gasteiger partial charge in [-0.2, -0.15) is 0 Å². The van der Waals surface area contributed by atoms with Crippen molar-refractivity contribution in [2.24, 2.45) is 0 Å². The quantitative estimate of drug-likeness (QED) is 0.209. The molecule has 0 aliphatic rings. The molecule has 0 fully saturated rings. The Labute approximate surface area is 254 Å². The summed E-state index contributed by atoms with van der Waals surface area (Å²) in [5, 5.41) is 2.15. The third-order valence-electron chi connectivity index (χ3n) is 7.71. The average molecular weight is 564 g/mol. The summed E-state index contributed by atoms with van der Waals surface area (Å²) in [6.07, 6.45) is 0. The van der Waals surface area contributed by atoms with E-state index in [1.807, 2.05) is 84.9 Å². The smallest absolute Gasteiger partial charge is 0.182 e. The maximum atomic E-state index is 4.98. The molecule has 3 heterocycles. The Morgan fingerprint density at radius 1 is 0.273 bits per heavy atom. The normalized spacial score (nSPS) is 11.2. The molecule has 0 saturated heterocycles. The highest BCUT2D eigenvalue weighted by Crippen LogP contribution is 2.30. The fraction of sp³-hybridized carbons (Fsp3) is 0. The summed E-state index contributed by atoms with van der Waals surface area (Å²) in [4.78, 5) is 24.3. The molecule has 44 heavy (non-hydrogen) atoms. The van der Waals surface area contributed by atoms with Crippen molar-refractivity contribution < 1.29 is 0 Å². The van der Waals surface area contributed by atoms with Crippen LogP contribution >= 0.6 is 0 Å². The van der Waals surface area contributed by atoms with Crippen molar-refractivity contribution in [2.45, 2.75) is 0 Å². The van der Waals surface area contributed by atoms with E-state index in [2.05, 4.69) is 66.7 Å². The number of nitrogens with zero attached hydrogens (tertiary/aromatic N) is 5. The van der Waals surface area contributed by atoms with E-state index < -0.39 is 0 Å². The van der Waals surface area contributed by atoms with Crippen molar-refractivity contribution in [3.63, 3.8) is 0 Å². The number of benzene rings is 5. The van der Waals surface area contributed by atoms with Crippen LogP contribution < -0.4 is 0 Å². The fourth-order valence-electron chi connectivity index (χ4n) is 5.43. The molecule has 0 atom stereocenters. The zero-order valence-electron chi connectivity index (χ0n) is 23.7. The molecule has 3 aromatic heterocycles. The molecular weight excluding hydrogens is 538 g/mol. The largest absolute Gasteiger partial charge is 0.248 e. The molecule has 0 spiro atoms. The summed E-state index contributed by atoms with van der Waals surface area (Å²) in [6.45, 7) is 0. The number of rotatable bonds is 5. The highest BCUT2D eigenvalue weighted by atomic mass is 15.0. The Hall–Kier alpha value is -6.07. The predicted molar refractivity (Wildman–Crippen MR) is 178 cm³/mol. The second kappa shape index (κ2) is 11.0. The molecular formula is C39H25N5. The lowest BCUT2D eigenvalue weighted by Gasteiger charge is -2.09. The van der Waals surface area contributed by atoms with E-state index in [4.69, 9.17) is 24.9 Å². The topological polar surface area (TPSA) is 64.5 Å². The molecule has 0 bridgehead atoms. The molecule has 5 aromatic carbocycles. The molecule has 0 N–H and O–H groups in total. The van der Waals surface area contributed by atoms with Gasteiger partial charge in [-0.05, 0) is 47.5 Å². The van der Waals surface area contributed by atoms with Crippen molar-refractivity contribution in [2.75, 3.05) is 0 Å². The maximum absolute atomic E-state index is 4.98. The number of hydrogen-bond donors (Lipinski definition) is 0. The SMILES string of the molecule is c1ccc(-c2ccc3cc(-c4ccc5nc(-c6nc(-c7ccccc7)nc(-c7ccccc7)n6)ccc5c4)ccc3n2)cc1. The Balaban J connectivity index is 1.15. The third kappa shape index (κ3) is 4.97. The van der Waals surface area contributed by atoms with Gasteiger partial charge in [-0.1, -0.05) is 115 Å². The Bertz CT molecular complexity index is 2210. The second-order valence-electron chi connectivity index (χ2n) is 10.6. The second-order valence-corrected chi connectivity index (χ2v) is 10.6. The van der Waals surface area contributed by atoms with E-state index in [-0.39, 0.29) is 0 Å². The highest BCUT2D eigenvalue weighted by Gasteiger charge is 2.14. The van der Waals surface area contributed by atoms with Crippen LogP contribution in [0.2, 0.25) is 0 Å². The van der Waals surface area contributed by atoms with Crippen LogP contribution in [0.25, 0.3) is 78.5 Å². The summed E-state index contributed by atoms with van der Waals surface area (Å²) in [7, 11) is 0. The van der Waals surface area contributed by atoms with Crippen LogP contribution in [0.3, 0.4) is 0 Å². The van der Waals surface area contributed by atoms with E-state index >= 15 is 0 Å². The monoisotopic (exact) mass is 563 g/mol. The molecule has 8 rings (SSSR count). The molecule has 0 amide bonds. The molecule has 206 valence electrons. The van der Waals surface area contributed by atoms with Crippen molar-refractivity contribution in [3.8, 4) is 56.7 Å². The number of fused-ring (bicyclic) bond motifs is 2. The van der Waals surface area contributed by atoms with Crippen LogP contribution in [-0.4, -0.2) is 24.9 Å². The number of aromatic nitrogens is 5. The number of pyridine rings is 2. The van der Waals surface area contributed by atoms with Crippen LogP contribution in [0.1, 0.15) is 0 Å². The van der Waals surface area contributed by atoms with Gasteiger partial charge in [0.2, 0.25) is 0 Å². The summed E-state index contributed by atoms with van der Waals surface area (Å²) < 4.78 is 0. The van der Waals surface area contributed by atoms with Gasteiger partial charge in [0, 0.05) is 27.5 Å². The Morgan fingerprint density at radius 2 is 0.705 bits per heavy atom. The van der Waals surface area contributed by atoms with Crippen molar-refractivity contribution in [3.05, 3.63) is 152 Å². The molecule has 5 heteroatoms. The first-order chi connectivity index (χ1) is 21.8. The minimum Gasteiger partial charge on any atom is -0.248 e. The predicted octanol–water partition coefficient (Wildman–Crippen LogP) is 9.30. The summed E-state index contributed by atoms with van der Waals surface area (Å²) in [5.41, 5.74) is 8.77. The van der Waals surface area contributed by atoms with E-state index in [1.54, 1.807) is 0 Å². The third-order valence-corrected chi connectivity index (χ3v) is 7.71. The molecule has 0 aliphatic carbocycles. The summed E-state index contributed by atoms with van der Waals surface area (Å²) in [5.74, 6) is 1.78. The molecule has 8 aromatic rings.